The van der Waals surface area contributed by atoms with Gasteiger partial charge in [0.1, 0.15) is 5.84 Å². The highest BCUT2D eigenvalue weighted by Gasteiger charge is 2.37. The Morgan fingerprint density at radius 1 is 1.31 bits per heavy atom. The lowest BCUT2D eigenvalue weighted by Gasteiger charge is -2.36. The van der Waals surface area contributed by atoms with Crippen LogP contribution in [0, 0.1) is 0 Å². The summed E-state index contributed by atoms with van der Waals surface area (Å²) >= 11 is 0. The van der Waals surface area contributed by atoms with Crippen LogP contribution in [0.3, 0.4) is 0 Å². The minimum atomic E-state index is 0.130. The van der Waals surface area contributed by atoms with Crippen molar-refractivity contribution < 1.29 is 0 Å². The molecule has 3 rings (SSSR count). The molecule has 0 amide bonds. The van der Waals surface area contributed by atoms with Gasteiger partial charge in [0.2, 0.25) is 0 Å². The van der Waals surface area contributed by atoms with Gasteiger partial charge in [-0.3, -0.25) is 4.99 Å². The van der Waals surface area contributed by atoms with E-state index in [2.05, 4.69) is 41.5 Å². The fourth-order valence-electron chi connectivity index (χ4n) is 3.06. The Kier molecular flexibility index (Phi) is 2.23. The minimum absolute atomic E-state index is 0.130. The molecule has 1 aliphatic carbocycles. The molecule has 0 unspecified atom stereocenters. The van der Waals surface area contributed by atoms with Crippen LogP contribution in [0.2, 0.25) is 0 Å². The lowest BCUT2D eigenvalue weighted by molar-refractivity contribution is 0.502. The second kappa shape index (κ2) is 3.62. The molecule has 84 valence electrons. The van der Waals surface area contributed by atoms with Gasteiger partial charge in [0.05, 0.1) is 6.54 Å². The summed E-state index contributed by atoms with van der Waals surface area (Å²) in [6.07, 6.45) is 3.71. The third kappa shape index (κ3) is 1.36. The van der Waals surface area contributed by atoms with Gasteiger partial charge in [-0.25, -0.2) is 0 Å². The van der Waals surface area contributed by atoms with Gasteiger partial charge < -0.3 is 5.32 Å². The van der Waals surface area contributed by atoms with Crippen LogP contribution in [0.25, 0.3) is 0 Å². The third-order valence-electron chi connectivity index (χ3n) is 3.93. The van der Waals surface area contributed by atoms with Gasteiger partial charge in [-0.05, 0) is 37.3 Å². The molecule has 0 radical (unpaired) electrons. The molecule has 1 aromatic rings. The first-order chi connectivity index (χ1) is 7.81. The van der Waals surface area contributed by atoms with Gasteiger partial charge >= 0.3 is 0 Å². The lowest BCUT2D eigenvalue weighted by atomic mass is 9.70. The summed E-state index contributed by atoms with van der Waals surface area (Å²) in [6.45, 7) is 4.28. The highest BCUT2D eigenvalue weighted by atomic mass is 15.1. The molecular weight excluding hydrogens is 196 g/mol. The van der Waals surface area contributed by atoms with Crippen molar-refractivity contribution in [3.05, 3.63) is 35.4 Å². The molecule has 0 fully saturated rings. The highest BCUT2D eigenvalue weighted by Crippen LogP contribution is 2.38. The van der Waals surface area contributed by atoms with Crippen LogP contribution in [-0.4, -0.2) is 18.9 Å². The normalized spacial score (nSPS) is 28.2. The van der Waals surface area contributed by atoms with E-state index in [4.69, 9.17) is 0 Å². The largest absolute Gasteiger partial charge is 0.371 e. The number of benzene rings is 1. The molecule has 1 aliphatic heterocycles. The third-order valence-corrected chi connectivity index (χ3v) is 3.93. The zero-order valence-corrected chi connectivity index (χ0v) is 9.79. The average molecular weight is 214 g/mol. The molecule has 0 bridgehead atoms. The molecular formula is C14H18N2. The smallest absolute Gasteiger partial charge is 0.107 e. The molecule has 1 aromatic carbocycles. The number of fused-ring (bicyclic) bond motifs is 1. The van der Waals surface area contributed by atoms with E-state index >= 15 is 0 Å². The fourth-order valence-corrected chi connectivity index (χ4v) is 3.06. The predicted molar refractivity (Wildman–Crippen MR) is 67.0 cm³/mol. The maximum atomic E-state index is 4.64. The summed E-state index contributed by atoms with van der Waals surface area (Å²) in [5.41, 5.74) is 3.12. The van der Waals surface area contributed by atoms with E-state index in [0.717, 1.165) is 13.1 Å². The van der Waals surface area contributed by atoms with Crippen LogP contribution >= 0.6 is 0 Å². The maximum Gasteiger partial charge on any atom is 0.107 e. The SMILES string of the molecule is C[C@]1(C2=NCCN2)CCCc2ccccc21. The Bertz CT molecular complexity index is 436. The van der Waals surface area contributed by atoms with Crippen molar-refractivity contribution in [3.8, 4) is 0 Å². The summed E-state index contributed by atoms with van der Waals surface area (Å²) in [5.74, 6) is 1.21. The van der Waals surface area contributed by atoms with E-state index < -0.39 is 0 Å². The molecule has 1 atom stereocenters. The fraction of sp³-hybridized carbons (Fsp3) is 0.500. The number of nitrogens with zero attached hydrogens (tertiary/aromatic N) is 1. The van der Waals surface area contributed by atoms with Crippen molar-refractivity contribution in [3.63, 3.8) is 0 Å². The number of aliphatic imine (C=N–C) groups is 1. The van der Waals surface area contributed by atoms with Crippen LogP contribution in [-0.2, 0) is 11.8 Å². The molecule has 1 N–H and O–H groups in total. The standard InChI is InChI=1S/C14H18N2/c1-14(13-15-9-10-16-13)8-4-6-11-5-2-3-7-12(11)14/h2-3,5,7H,4,6,8-10H2,1H3,(H,15,16)/t14-/m0/s1. The van der Waals surface area contributed by atoms with Gasteiger partial charge in [0, 0.05) is 12.0 Å². The molecule has 0 spiro atoms. The monoisotopic (exact) mass is 214 g/mol. The molecule has 0 saturated carbocycles. The number of hydrogen-bond donors (Lipinski definition) is 1. The molecule has 2 heteroatoms. The van der Waals surface area contributed by atoms with Crippen LogP contribution in [0.4, 0.5) is 0 Å². The average Bonchev–Trinajstić information content (AvgIpc) is 2.84. The summed E-state index contributed by atoms with van der Waals surface area (Å²) < 4.78 is 0. The summed E-state index contributed by atoms with van der Waals surface area (Å²) in [6, 6.07) is 8.84. The molecule has 0 aromatic heterocycles. The minimum Gasteiger partial charge on any atom is -0.371 e. The maximum absolute atomic E-state index is 4.64. The second-order valence-electron chi connectivity index (χ2n) is 5.00. The first kappa shape index (κ1) is 9.88. The Morgan fingerprint density at radius 2 is 2.19 bits per heavy atom. The van der Waals surface area contributed by atoms with E-state index in [-0.39, 0.29) is 5.41 Å². The molecule has 16 heavy (non-hydrogen) atoms. The van der Waals surface area contributed by atoms with E-state index in [0.29, 0.717) is 0 Å². The van der Waals surface area contributed by atoms with E-state index in [9.17, 15) is 0 Å². The van der Waals surface area contributed by atoms with Gasteiger partial charge in [-0.15, -0.1) is 0 Å². The van der Waals surface area contributed by atoms with Crippen LogP contribution in [0.1, 0.15) is 30.9 Å². The first-order valence-corrected chi connectivity index (χ1v) is 6.18. The van der Waals surface area contributed by atoms with E-state index in [1.54, 1.807) is 0 Å². The predicted octanol–water partition coefficient (Wildman–Crippen LogP) is 2.28. The molecule has 1 heterocycles. The van der Waals surface area contributed by atoms with Crippen LogP contribution < -0.4 is 5.32 Å². The van der Waals surface area contributed by atoms with Gasteiger partial charge in [-0.2, -0.15) is 0 Å². The topological polar surface area (TPSA) is 24.4 Å². The quantitative estimate of drug-likeness (QED) is 0.762. The van der Waals surface area contributed by atoms with Gasteiger partial charge in [0.25, 0.3) is 0 Å². The second-order valence-corrected chi connectivity index (χ2v) is 5.00. The molecule has 2 aliphatic rings. The Balaban J connectivity index is 2.09. The van der Waals surface area contributed by atoms with Crippen molar-refractivity contribution in [2.75, 3.05) is 13.1 Å². The van der Waals surface area contributed by atoms with E-state index in [1.165, 1.54) is 36.2 Å². The van der Waals surface area contributed by atoms with Crippen LogP contribution in [0.5, 0.6) is 0 Å². The Labute approximate surface area is 96.8 Å². The first-order valence-electron chi connectivity index (χ1n) is 6.18. The van der Waals surface area contributed by atoms with Gasteiger partial charge in [0.15, 0.2) is 0 Å². The Hall–Kier alpha value is -1.31. The van der Waals surface area contributed by atoms with Gasteiger partial charge in [-0.1, -0.05) is 24.3 Å². The number of rotatable bonds is 1. The Morgan fingerprint density at radius 3 is 3.00 bits per heavy atom. The van der Waals surface area contributed by atoms with Crippen LogP contribution in [0.15, 0.2) is 29.3 Å². The summed E-state index contributed by atoms with van der Waals surface area (Å²) in [7, 11) is 0. The van der Waals surface area contributed by atoms with E-state index in [1.807, 2.05) is 0 Å². The number of aryl methyl sites for hydroxylation is 1. The number of hydrogen-bond acceptors (Lipinski definition) is 2. The summed E-state index contributed by atoms with van der Waals surface area (Å²) in [5, 5.41) is 3.46. The van der Waals surface area contributed by atoms with Crippen molar-refractivity contribution in [2.24, 2.45) is 4.99 Å². The van der Waals surface area contributed by atoms with Crippen molar-refractivity contribution in [1.29, 1.82) is 0 Å². The molecule has 2 nitrogen and oxygen atoms in total. The lowest BCUT2D eigenvalue weighted by Crippen LogP contribution is -2.42. The van der Waals surface area contributed by atoms with Crippen molar-refractivity contribution >= 4 is 5.84 Å². The zero-order chi connectivity index (χ0) is 11.0. The zero-order valence-electron chi connectivity index (χ0n) is 9.79. The summed E-state index contributed by atoms with van der Waals surface area (Å²) in [4.78, 5) is 4.64. The number of amidine groups is 1. The van der Waals surface area contributed by atoms with Crippen molar-refractivity contribution in [2.45, 2.75) is 31.6 Å². The number of nitrogens with one attached hydrogen (secondary N) is 1. The molecule has 0 saturated heterocycles. The van der Waals surface area contributed by atoms with Crippen molar-refractivity contribution in [1.82, 2.24) is 5.32 Å². The highest BCUT2D eigenvalue weighted by molar-refractivity contribution is 5.94.